The lowest BCUT2D eigenvalue weighted by atomic mass is 10.1. The number of rotatable bonds is 6. The molecule has 26 heavy (non-hydrogen) atoms. The van der Waals surface area contributed by atoms with Crippen molar-refractivity contribution in [3.05, 3.63) is 60.2 Å². The van der Waals surface area contributed by atoms with Crippen LogP contribution in [0.15, 0.2) is 54.6 Å². The van der Waals surface area contributed by atoms with Gasteiger partial charge in [-0.3, -0.25) is 9.69 Å². The molecule has 1 aliphatic heterocycles. The van der Waals surface area contributed by atoms with Crippen molar-refractivity contribution in [1.82, 2.24) is 9.80 Å². The zero-order chi connectivity index (χ0) is 18.4. The summed E-state index contributed by atoms with van der Waals surface area (Å²) in [5, 5.41) is 0. The first-order valence-corrected chi connectivity index (χ1v) is 9.02. The van der Waals surface area contributed by atoms with E-state index in [2.05, 4.69) is 4.90 Å². The molecule has 1 atom stereocenters. The van der Waals surface area contributed by atoms with E-state index in [0.29, 0.717) is 19.8 Å². The van der Waals surface area contributed by atoms with Crippen LogP contribution >= 0.6 is 0 Å². The molecular weight excluding hydrogens is 328 g/mol. The van der Waals surface area contributed by atoms with Gasteiger partial charge in [-0.25, -0.2) is 0 Å². The summed E-state index contributed by atoms with van der Waals surface area (Å²) >= 11 is 0. The minimum absolute atomic E-state index is 0.121. The second kappa shape index (κ2) is 8.83. The summed E-state index contributed by atoms with van der Waals surface area (Å²) in [6.07, 6.45) is 0. The van der Waals surface area contributed by atoms with Crippen molar-refractivity contribution < 1.29 is 14.3 Å². The van der Waals surface area contributed by atoms with Crippen molar-refractivity contribution in [3.63, 3.8) is 0 Å². The number of ether oxygens (including phenoxy) is 2. The van der Waals surface area contributed by atoms with E-state index < -0.39 is 0 Å². The lowest BCUT2D eigenvalue weighted by Crippen LogP contribution is -2.49. The zero-order valence-electron chi connectivity index (χ0n) is 15.4. The molecular formula is C21H26N2O3. The van der Waals surface area contributed by atoms with Crippen molar-refractivity contribution in [2.45, 2.75) is 19.5 Å². The van der Waals surface area contributed by atoms with Crippen molar-refractivity contribution in [3.8, 4) is 11.5 Å². The molecule has 1 aliphatic rings. The first kappa shape index (κ1) is 18.4. The Morgan fingerprint density at radius 3 is 2.35 bits per heavy atom. The molecule has 2 aromatic carbocycles. The van der Waals surface area contributed by atoms with Crippen molar-refractivity contribution in [2.75, 3.05) is 33.4 Å². The molecule has 0 saturated carbocycles. The second-order valence-electron chi connectivity index (χ2n) is 6.58. The fourth-order valence-corrected chi connectivity index (χ4v) is 3.08. The van der Waals surface area contributed by atoms with Gasteiger partial charge in [0.15, 0.2) is 0 Å². The maximum Gasteiger partial charge on any atom is 0.239 e. The average Bonchev–Trinajstić information content (AvgIpc) is 2.70. The molecule has 0 aliphatic carbocycles. The highest BCUT2D eigenvalue weighted by Crippen LogP contribution is 2.21. The topological polar surface area (TPSA) is 42.0 Å². The van der Waals surface area contributed by atoms with E-state index in [1.54, 1.807) is 4.90 Å². The van der Waals surface area contributed by atoms with Crippen LogP contribution in [0.25, 0.3) is 0 Å². The molecule has 1 heterocycles. The van der Waals surface area contributed by atoms with E-state index in [-0.39, 0.29) is 11.9 Å². The Labute approximate surface area is 155 Å². The highest BCUT2D eigenvalue weighted by Gasteiger charge is 2.25. The van der Waals surface area contributed by atoms with E-state index in [0.717, 1.165) is 30.2 Å². The van der Waals surface area contributed by atoms with Crippen LogP contribution in [-0.2, 0) is 16.1 Å². The SMILES string of the molecule is C[C@H](C(=O)N(C)Cc1ccc(Oc2ccccc2)cc1)N1CCOCC1. The number of hydrogen-bond donors (Lipinski definition) is 0. The van der Waals surface area contributed by atoms with Crippen molar-refractivity contribution >= 4 is 5.91 Å². The van der Waals surface area contributed by atoms with Crippen molar-refractivity contribution in [2.24, 2.45) is 0 Å². The number of carbonyl (C=O) groups excluding carboxylic acids is 1. The van der Waals surface area contributed by atoms with Crippen LogP contribution in [-0.4, -0.2) is 55.1 Å². The van der Waals surface area contributed by atoms with Gasteiger partial charge >= 0.3 is 0 Å². The van der Waals surface area contributed by atoms with Gasteiger partial charge in [0.2, 0.25) is 5.91 Å². The van der Waals surface area contributed by atoms with Gasteiger partial charge < -0.3 is 14.4 Å². The smallest absolute Gasteiger partial charge is 0.239 e. The predicted molar refractivity (Wildman–Crippen MR) is 101 cm³/mol. The maximum absolute atomic E-state index is 12.7. The van der Waals surface area contributed by atoms with Gasteiger partial charge in [-0.15, -0.1) is 0 Å². The molecule has 0 N–H and O–H groups in total. The molecule has 0 unspecified atom stereocenters. The van der Waals surface area contributed by atoms with E-state index in [1.165, 1.54) is 0 Å². The first-order chi connectivity index (χ1) is 12.6. The van der Waals surface area contributed by atoms with E-state index in [9.17, 15) is 4.79 Å². The maximum atomic E-state index is 12.7. The highest BCUT2D eigenvalue weighted by atomic mass is 16.5. The zero-order valence-corrected chi connectivity index (χ0v) is 15.4. The van der Waals surface area contributed by atoms with E-state index in [4.69, 9.17) is 9.47 Å². The van der Waals surface area contributed by atoms with Crippen LogP contribution in [0.4, 0.5) is 0 Å². The Balaban J connectivity index is 1.55. The van der Waals surface area contributed by atoms with Crippen LogP contribution < -0.4 is 4.74 Å². The molecule has 0 bridgehead atoms. The van der Waals surface area contributed by atoms with Gasteiger partial charge in [0, 0.05) is 26.7 Å². The van der Waals surface area contributed by atoms with Crippen LogP contribution in [0, 0.1) is 0 Å². The minimum Gasteiger partial charge on any atom is -0.457 e. The molecule has 1 fully saturated rings. The van der Waals surface area contributed by atoms with Gasteiger partial charge in [0.05, 0.1) is 19.3 Å². The fourth-order valence-electron chi connectivity index (χ4n) is 3.08. The molecule has 0 spiro atoms. The third-order valence-electron chi connectivity index (χ3n) is 4.65. The first-order valence-electron chi connectivity index (χ1n) is 9.02. The van der Waals surface area contributed by atoms with Crippen LogP contribution in [0.1, 0.15) is 12.5 Å². The van der Waals surface area contributed by atoms with E-state index in [1.807, 2.05) is 68.6 Å². The summed E-state index contributed by atoms with van der Waals surface area (Å²) in [6, 6.07) is 17.5. The Bertz CT molecular complexity index is 697. The molecule has 1 amide bonds. The number of amides is 1. The predicted octanol–water partition coefficient (Wildman–Crippen LogP) is 3.16. The number of likely N-dealkylation sites (N-methyl/N-ethyl adjacent to an activating group) is 1. The molecule has 1 saturated heterocycles. The molecule has 2 aromatic rings. The van der Waals surface area contributed by atoms with Gasteiger partial charge in [-0.2, -0.15) is 0 Å². The number of carbonyl (C=O) groups is 1. The molecule has 5 heteroatoms. The molecule has 3 rings (SSSR count). The quantitative estimate of drug-likeness (QED) is 0.799. The third-order valence-corrected chi connectivity index (χ3v) is 4.65. The number of para-hydroxylation sites is 1. The highest BCUT2D eigenvalue weighted by molar-refractivity contribution is 5.81. The normalized spacial score (nSPS) is 16.1. The van der Waals surface area contributed by atoms with Gasteiger partial charge in [-0.05, 0) is 36.8 Å². The molecule has 0 radical (unpaired) electrons. The lowest BCUT2D eigenvalue weighted by Gasteiger charge is -2.33. The van der Waals surface area contributed by atoms with Crippen LogP contribution in [0.3, 0.4) is 0 Å². The number of hydrogen-bond acceptors (Lipinski definition) is 4. The molecule has 5 nitrogen and oxygen atoms in total. The average molecular weight is 354 g/mol. The van der Waals surface area contributed by atoms with Gasteiger partial charge in [0.25, 0.3) is 0 Å². The molecule has 138 valence electrons. The van der Waals surface area contributed by atoms with Gasteiger partial charge in [0.1, 0.15) is 11.5 Å². The monoisotopic (exact) mass is 354 g/mol. The standard InChI is InChI=1S/C21H26N2O3/c1-17(23-12-14-25-15-13-23)21(24)22(2)16-18-8-10-20(11-9-18)26-19-6-4-3-5-7-19/h3-11,17H,12-16H2,1-2H3/t17-/m1/s1. The lowest BCUT2D eigenvalue weighted by molar-refractivity contribution is -0.137. The van der Waals surface area contributed by atoms with Gasteiger partial charge in [-0.1, -0.05) is 30.3 Å². The second-order valence-corrected chi connectivity index (χ2v) is 6.58. The number of nitrogens with zero attached hydrogens (tertiary/aromatic N) is 2. The van der Waals surface area contributed by atoms with Crippen LogP contribution in [0.2, 0.25) is 0 Å². The Morgan fingerprint density at radius 1 is 1.08 bits per heavy atom. The Kier molecular flexibility index (Phi) is 6.26. The summed E-state index contributed by atoms with van der Waals surface area (Å²) in [4.78, 5) is 16.6. The minimum atomic E-state index is -0.121. The summed E-state index contributed by atoms with van der Waals surface area (Å²) in [6.45, 7) is 5.58. The summed E-state index contributed by atoms with van der Waals surface area (Å²) < 4.78 is 11.2. The third kappa shape index (κ3) is 4.84. The van der Waals surface area contributed by atoms with E-state index >= 15 is 0 Å². The number of benzene rings is 2. The largest absolute Gasteiger partial charge is 0.457 e. The van der Waals surface area contributed by atoms with Crippen LogP contribution in [0.5, 0.6) is 11.5 Å². The Hall–Kier alpha value is -2.37. The molecule has 0 aromatic heterocycles. The summed E-state index contributed by atoms with van der Waals surface area (Å²) in [5.41, 5.74) is 1.08. The van der Waals surface area contributed by atoms with Crippen molar-refractivity contribution in [1.29, 1.82) is 0 Å². The Morgan fingerprint density at radius 2 is 1.69 bits per heavy atom. The summed E-state index contributed by atoms with van der Waals surface area (Å²) in [5.74, 6) is 1.74. The summed E-state index contributed by atoms with van der Waals surface area (Å²) in [7, 11) is 1.85. The fraction of sp³-hybridized carbons (Fsp3) is 0.381. The number of morpholine rings is 1.